The van der Waals surface area contributed by atoms with E-state index in [2.05, 4.69) is 13.8 Å². The molecule has 0 aromatic heterocycles. The summed E-state index contributed by atoms with van der Waals surface area (Å²) in [5, 5.41) is 9.38. The van der Waals surface area contributed by atoms with Gasteiger partial charge in [0, 0.05) is 0 Å². The van der Waals surface area contributed by atoms with Crippen LogP contribution in [0.3, 0.4) is 0 Å². The topological polar surface area (TPSA) is 37.3 Å². The van der Waals surface area contributed by atoms with Gasteiger partial charge in [-0.3, -0.25) is 4.79 Å². The van der Waals surface area contributed by atoms with E-state index in [1.54, 1.807) is 0 Å². The van der Waals surface area contributed by atoms with E-state index in [0.29, 0.717) is 23.7 Å². The maximum atomic E-state index is 11.4. The van der Waals surface area contributed by atoms with E-state index in [-0.39, 0.29) is 0 Å². The van der Waals surface area contributed by atoms with Crippen LogP contribution in [0, 0.1) is 29.1 Å². The molecule has 0 amide bonds. The normalized spacial score (nSPS) is 51.9. The van der Waals surface area contributed by atoms with Gasteiger partial charge in [-0.05, 0) is 49.9 Å². The highest BCUT2D eigenvalue weighted by molar-refractivity contribution is 5.75. The molecule has 2 aliphatic carbocycles. The number of fused-ring (bicyclic) bond motifs is 2. The van der Waals surface area contributed by atoms with E-state index in [1.807, 2.05) is 6.92 Å². The van der Waals surface area contributed by atoms with Gasteiger partial charge in [-0.1, -0.05) is 13.8 Å². The molecule has 2 heteroatoms. The fourth-order valence-corrected chi connectivity index (χ4v) is 3.85. The summed E-state index contributed by atoms with van der Waals surface area (Å²) in [7, 11) is 0. The van der Waals surface area contributed by atoms with Gasteiger partial charge >= 0.3 is 5.97 Å². The van der Waals surface area contributed by atoms with Crippen molar-refractivity contribution in [1.82, 2.24) is 0 Å². The summed E-state index contributed by atoms with van der Waals surface area (Å²) in [6, 6.07) is 0. The van der Waals surface area contributed by atoms with Gasteiger partial charge < -0.3 is 5.11 Å². The van der Waals surface area contributed by atoms with Gasteiger partial charge in [0.15, 0.2) is 0 Å². The fourth-order valence-electron chi connectivity index (χ4n) is 3.85. The highest BCUT2D eigenvalue weighted by Gasteiger charge is 2.57. The summed E-state index contributed by atoms with van der Waals surface area (Å²) >= 11 is 0. The van der Waals surface area contributed by atoms with Crippen molar-refractivity contribution >= 4 is 5.97 Å². The molecule has 1 N–H and O–H groups in total. The number of carboxylic acid groups (broad SMARTS) is 1. The second-order valence-electron chi connectivity index (χ2n) is 5.54. The Bertz CT molecular complexity index is 261. The summed E-state index contributed by atoms with van der Waals surface area (Å²) in [6.45, 7) is 6.48. The lowest BCUT2D eigenvalue weighted by Crippen LogP contribution is -2.45. The van der Waals surface area contributed by atoms with Crippen LogP contribution in [-0.4, -0.2) is 11.1 Å². The maximum absolute atomic E-state index is 11.4. The molecule has 2 nitrogen and oxygen atoms in total. The summed E-state index contributed by atoms with van der Waals surface area (Å²) < 4.78 is 0. The van der Waals surface area contributed by atoms with E-state index in [0.717, 1.165) is 19.3 Å². The van der Waals surface area contributed by atoms with Crippen molar-refractivity contribution in [2.45, 2.75) is 40.0 Å². The quantitative estimate of drug-likeness (QED) is 0.700. The molecule has 0 aromatic carbocycles. The minimum Gasteiger partial charge on any atom is -0.481 e. The molecule has 2 aliphatic rings. The second-order valence-corrected chi connectivity index (χ2v) is 5.54. The first-order valence-corrected chi connectivity index (χ1v) is 5.71. The van der Waals surface area contributed by atoms with Gasteiger partial charge in [0.1, 0.15) is 0 Å². The Hall–Kier alpha value is -0.530. The molecule has 0 spiro atoms. The van der Waals surface area contributed by atoms with Crippen LogP contribution in [0.25, 0.3) is 0 Å². The van der Waals surface area contributed by atoms with E-state index in [1.165, 1.54) is 0 Å². The Labute approximate surface area is 85.7 Å². The zero-order chi connectivity index (χ0) is 10.5. The average Bonchev–Trinajstić information content (AvgIpc) is 2.35. The standard InChI is InChI=1S/C12H20O2/c1-7-6-9-4-5-10(8(7)2)12(9,3)11(13)14/h7-10H,4-6H2,1-3H3,(H,13,14)/t7?,8-,9?,10?,12?/m0/s1. The predicted octanol–water partition coefficient (Wildman–Crippen LogP) is 2.78. The summed E-state index contributed by atoms with van der Waals surface area (Å²) in [5.74, 6) is 1.56. The highest BCUT2D eigenvalue weighted by Crippen LogP contribution is 2.59. The SMILES string of the molecule is CC1CC2CCC([C@H]1C)C2(C)C(=O)O. The molecular formula is C12H20O2. The molecule has 5 atom stereocenters. The first kappa shape index (κ1) is 10.0. The van der Waals surface area contributed by atoms with Crippen LogP contribution in [-0.2, 0) is 4.79 Å². The molecule has 0 radical (unpaired) electrons. The van der Waals surface area contributed by atoms with Crippen LogP contribution < -0.4 is 0 Å². The smallest absolute Gasteiger partial charge is 0.309 e. The number of rotatable bonds is 1. The summed E-state index contributed by atoms with van der Waals surface area (Å²) in [4.78, 5) is 11.4. The largest absolute Gasteiger partial charge is 0.481 e. The number of hydrogen-bond acceptors (Lipinski definition) is 1. The molecule has 0 heterocycles. The van der Waals surface area contributed by atoms with Crippen LogP contribution in [0.5, 0.6) is 0 Å². The lowest BCUT2D eigenvalue weighted by Gasteiger charge is -2.44. The average molecular weight is 196 g/mol. The van der Waals surface area contributed by atoms with Crippen molar-refractivity contribution in [3.05, 3.63) is 0 Å². The van der Waals surface area contributed by atoms with Gasteiger partial charge in [0.05, 0.1) is 5.41 Å². The zero-order valence-corrected chi connectivity index (χ0v) is 9.29. The maximum Gasteiger partial charge on any atom is 0.309 e. The minimum absolute atomic E-state index is 0.411. The van der Waals surface area contributed by atoms with Gasteiger partial charge in [0.2, 0.25) is 0 Å². The van der Waals surface area contributed by atoms with Crippen molar-refractivity contribution in [3.8, 4) is 0 Å². The Morgan fingerprint density at radius 3 is 2.57 bits per heavy atom. The van der Waals surface area contributed by atoms with E-state index < -0.39 is 11.4 Å². The molecule has 2 bridgehead atoms. The van der Waals surface area contributed by atoms with Crippen LogP contribution in [0.2, 0.25) is 0 Å². The molecule has 0 aliphatic heterocycles. The third-order valence-corrected chi connectivity index (χ3v) is 5.09. The Morgan fingerprint density at radius 2 is 2.00 bits per heavy atom. The molecule has 2 fully saturated rings. The monoisotopic (exact) mass is 196 g/mol. The summed E-state index contributed by atoms with van der Waals surface area (Å²) in [6.07, 6.45) is 3.36. The van der Waals surface area contributed by atoms with Crippen LogP contribution in [0.1, 0.15) is 40.0 Å². The highest BCUT2D eigenvalue weighted by atomic mass is 16.4. The lowest BCUT2D eigenvalue weighted by molar-refractivity contribution is -0.158. The van der Waals surface area contributed by atoms with E-state index in [4.69, 9.17) is 0 Å². The first-order chi connectivity index (χ1) is 6.48. The van der Waals surface area contributed by atoms with Crippen molar-refractivity contribution in [3.63, 3.8) is 0 Å². The second kappa shape index (κ2) is 2.98. The molecule has 0 aromatic rings. The van der Waals surface area contributed by atoms with Gasteiger partial charge in [-0.2, -0.15) is 0 Å². The Kier molecular flexibility index (Phi) is 2.13. The van der Waals surface area contributed by atoms with Crippen molar-refractivity contribution < 1.29 is 9.90 Å². The Morgan fingerprint density at radius 1 is 1.36 bits per heavy atom. The number of carboxylic acids is 1. The van der Waals surface area contributed by atoms with Crippen LogP contribution in [0.4, 0.5) is 0 Å². The van der Waals surface area contributed by atoms with Crippen LogP contribution in [0.15, 0.2) is 0 Å². The zero-order valence-electron chi connectivity index (χ0n) is 9.29. The number of aliphatic carboxylic acids is 1. The molecule has 2 rings (SSSR count). The summed E-state index contributed by atoms with van der Waals surface area (Å²) in [5.41, 5.74) is -0.425. The number of carbonyl (C=O) groups is 1. The molecular weight excluding hydrogens is 176 g/mol. The van der Waals surface area contributed by atoms with Gasteiger partial charge in [0.25, 0.3) is 0 Å². The van der Waals surface area contributed by atoms with Gasteiger partial charge in [-0.15, -0.1) is 0 Å². The molecule has 80 valence electrons. The molecule has 0 saturated heterocycles. The van der Waals surface area contributed by atoms with Crippen molar-refractivity contribution in [2.75, 3.05) is 0 Å². The van der Waals surface area contributed by atoms with Crippen LogP contribution >= 0.6 is 0 Å². The van der Waals surface area contributed by atoms with E-state index >= 15 is 0 Å². The number of hydrogen-bond donors (Lipinski definition) is 1. The third-order valence-electron chi connectivity index (χ3n) is 5.09. The molecule has 4 unspecified atom stereocenters. The third kappa shape index (κ3) is 1.06. The molecule has 2 saturated carbocycles. The fraction of sp³-hybridized carbons (Fsp3) is 0.917. The Balaban J connectivity index is 2.34. The predicted molar refractivity (Wildman–Crippen MR) is 54.9 cm³/mol. The van der Waals surface area contributed by atoms with E-state index in [9.17, 15) is 9.90 Å². The molecule has 14 heavy (non-hydrogen) atoms. The van der Waals surface area contributed by atoms with Crippen molar-refractivity contribution in [1.29, 1.82) is 0 Å². The van der Waals surface area contributed by atoms with Gasteiger partial charge in [-0.25, -0.2) is 0 Å². The first-order valence-electron chi connectivity index (χ1n) is 5.71. The minimum atomic E-state index is -0.566. The lowest BCUT2D eigenvalue weighted by atomic mass is 9.59. The van der Waals surface area contributed by atoms with Crippen molar-refractivity contribution in [2.24, 2.45) is 29.1 Å².